The fourth-order valence-electron chi connectivity index (χ4n) is 4.16. The minimum absolute atomic E-state index is 0.676. The van der Waals surface area contributed by atoms with E-state index in [0.29, 0.717) is 6.04 Å². The van der Waals surface area contributed by atoms with Crippen LogP contribution in [0, 0.1) is 5.92 Å². The molecule has 1 atom stereocenters. The summed E-state index contributed by atoms with van der Waals surface area (Å²) in [6.07, 6.45) is 8.88. The number of piperidine rings is 4. The van der Waals surface area contributed by atoms with Crippen molar-refractivity contribution in [1.29, 1.82) is 0 Å². The summed E-state index contributed by atoms with van der Waals surface area (Å²) in [5.41, 5.74) is 0. The van der Waals surface area contributed by atoms with Crippen molar-refractivity contribution in [3.63, 3.8) is 0 Å². The zero-order chi connectivity index (χ0) is 14.1. The van der Waals surface area contributed by atoms with E-state index >= 15 is 0 Å². The highest BCUT2D eigenvalue weighted by Crippen LogP contribution is 2.28. The molecule has 0 aliphatic carbocycles. The SMILES string of the molecule is c1cnc(N2CCC(NC3CN4CCC3CC4)CC2)nc1. The number of aromatic nitrogens is 2. The van der Waals surface area contributed by atoms with Crippen LogP contribution >= 0.6 is 0 Å². The highest BCUT2D eigenvalue weighted by atomic mass is 15.3. The van der Waals surface area contributed by atoms with Gasteiger partial charge in [0.1, 0.15) is 0 Å². The van der Waals surface area contributed by atoms with Gasteiger partial charge in [-0.15, -0.1) is 0 Å². The standard InChI is InChI=1S/C16H25N5/c1-6-17-16(18-7-1)21-10-4-14(5-11-21)19-15-12-20-8-2-13(15)3-9-20/h1,6-7,13-15,19H,2-5,8-12H2. The van der Waals surface area contributed by atoms with Gasteiger partial charge in [-0.2, -0.15) is 0 Å². The molecule has 21 heavy (non-hydrogen) atoms. The van der Waals surface area contributed by atoms with Crippen molar-refractivity contribution in [1.82, 2.24) is 20.2 Å². The fraction of sp³-hybridized carbons (Fsp3) is 0.750. The summed E-state index contributed by atoms with van der Waals surface area (Å²) < 4.78 is 0. The van der Waals surface area contributed by atoms with E-state index in [1.54, 1.807) is 0 Å². The first-order chi connectivity index (χ1) is 10.4. The second-order valence-corrected chi connectivity index (χ2v) is 6.72. The van der Waals surface area contributed by atoms with Gasteiger partial charge in [0, 0.05) is 44.1 Å². The van der Waals surface area contributed by atoms with Crippen molar-refractivity contribution in [3.8, 4) is 0 Å². The molecule has 0 aromatic carbocycles. The Hall–Kier alpha value is -1.20. The minimum Gasteiger partial charge on any atom is -0.341 e. The Kier molecular flexibility index (Phi) is 3.78. The van der Waals surface area contributed by atoms with Gasteiger partial charge in [-0.05, 0) is 50.8 Å². The predicted molar refractivity (Wildman–Crippen MR) is 83.4 cm³/mol. The van der Waals surface area contributed by atoms with Crippen molar-refractivity contribution in [2.75, 3.05) is 37.6 Å². The lowest BCUT2D eigenvalue weighted by atomic mass is 9.83. The van der Waals surface area contributed by atoms with Gasteiger partial charge in [0.25, 0.3) is 0 Å². The van der Waals surface area contributed by atoms with E-state index in [2.05, 4.69) is 25.1 Å². The first-order valence-electron chi connectivity index (χ1n) is 8.39. The number of nitrogens with one attached hydrogen (secondary N) is 1. The summed E-state index contributed by atoms with van der Waals surface area (Å²) in [6, 6.07) is 3.29. The van der Waals surface area contributed by atoms with Crippen LogP contribution in [0.1, 0.15) is 25.7 Å². The summed E-state index contributed by atoms with van der Waals surface area (Å²) in [6.45, 7) is 6.07. The van der Waals surface area contributed by atoms with Crippen LogP contribution in [0.2, 0.25) is 0 Å². The molecule has 5 heteroatoms. The van der Waals surface area contributed by atoms with E-state index in [1.165, 1.54) is 45.3 Å². The Morgan fingerprint density at radius 1 is 0.952 bits per heavy atom. The van der Waals surface area contributed by atoms with Crippen molar-refractivity contribution >= 4 is 5.95 Å². The van der Waals surface area contributed by atoms with E-state index in [9.17, 15) is 0 Å². The maximum Gasteiger partial charge on any atom is 0.225 e. The highest BCUT2D eigenvalue weighted by molar-refractivity contribution is 5.29. The third-order valence-corrected chi connectivity index (χ3v) is 5.44. The van der Waals surface area contributed by atoms with E-state index in [4.69, 9.17) is 0 Å². The molecule has 4 fully saturated rings. The Morgan fingerprint density at radius 3 is 2.29 bits per heavy atom. The zero-order valence-electron chi connectivity index (χ0n) is 12.6. The van der Waals surface area contributed by atoms with Gasteiger partial charge in [-0.1, -0.05) is 0 Å². The van der Waals surface area contributed by atoms with E-state index in [-0.39, 0.29) is 0 Å². The van der Waals surface area contributed by atoms with Gasteiger partial charge in [0.2, 0.25) is 5.95 Å². The quantitative estimate of drug-likeness (QED) is 0.903. The molecule has 5 nitrogen and oxygen atoms in total. The average molecular weight is 287 g/mol. The molecule has 5 rings (SSSR count). The van der Waals surface area contributed by atoms with Crippen LogP contribution in [-0.2, 0) is 0 Å². The summed E-state index contributed by atoms with van der Waals surface area (Å²) in [7, 11) is 0. The van der Waals surface area contributed by atoms with Gasteiger partial charge < -0.3 is 15.1 Å². The van der Waals surface area contributed by atoms with Crippen LogP contribution in [0.3, 0.4) is 0 Å². The first-order valence-corrected chi connectivity index (χ1v) is 8.39. The average Bonchev–Trinajstić information content (AvgIpc) is 2.57. The Labute approximate surface area is 126 Å². The van der Waals surface area contributed by atoms with Gasteiger partial charge in [-0.25, -0.2) is 9.97 Å². The topological polar surface area (TPSA) is 44.3 Å². The maximum atomic E-state index is 4.36. The molecule has 1 aromatic rings. The van der Waals surface area contributed by atoms with Crippen LogP contribution < -0.4 is 10.2 Å². The van der Waals surface area contributed by atoms with Gasteiger partial charge >= 0.3 is 0 Å². The van der Waals surface area contributed by atoms with E-state index in [0.717, 1.165) is 31.0 Å². The second-order valence-electron chi connectivity index (χ2n) is 6.72. The molecule has 2 bridgehead atoms. The predicted octanol–water partition coefficient (Wildman–Crippen LogP) is 1.13. The summed E-state index contributed by atoms with van der Waals surface area (Å²) in [5, 5.41) is 3.95. The molecule has 1 unspecified atom stereocenters. The lowest BCUT2D eigenvalue weighted by molar-refractivity contribution is 0.0652. The largest absolute Gasteiger partial charge is 0.341 e. The monoisotopic (exact) mass is 287 g/mol. The molecule has 0 spiro atoms. The number of hydrogen-bond acceptors (Lipinski definition) is 5. The second kappa shape index (κ2) is 5.89. The minimum atomic E-state index is 0.676. The molecule has 0 saturated carbocycles. The highest BCUT2D eigenvalue weighted by Gasteiger charge is 2.35. The van der Waals surface area contributed by atoms with Crippen molar-refractivity contribution in [3.05, 3.63) is 18.5 Å². The summed E-state index contributed by atoms with van der Waals surface area (Å²) in [5.74, 6) is 1.81. The maximum absolute atomic E-state index is 4.36. The Balaban J connectivity index is 1.30. The first kappa shape index (κ1) is 13.5. The lowest BCUT2D eigenvalue weighted by Gasteiger charge is -2.47. The molecular weight excluding hydrogens is 262 g/mol. The molecule has 0 radical (unpaired) electrons. The lowest BCUT2D eigenvalue weighted by Crippen LogP contribution is -2.59. The molecule has 1 aromatic heterocycles. The molecule has 1 N–H and O–H groups in total. The van der Waals surface area contributed by atoms with E-state index in [1.807, 2.05) is 18.5 Å². The fourth-order valence-corrected chi connectivity index (χ4v) is 4.16. The molecule has 4 saturated heterocycles. The van der Waals surface area contributed by atoms with E-state index < -0.39 is 0 Å². The molecule has 0 amide bonds. The zero-order valence-corrected chi connectivity index (χ0v) is 12.6. The van der Waals surface area contributed by atoms with Crippen LogP contribution in [-0.4, -0.2) is 59.7 Å². The third kappa shape index (κ3) is 2.90. The Morgan fingerprint density at radius 2 is 1.67 bits per heavy atom. The molecule has 5 heterocycles. The normalized spacial score (nSPS) is 33.3. The smallest absolute Gasteiger partial charge is 0.225 e. The van der Waals surface area contributed by atoms with Crippen molar-refractivity contribution < 1.29 is 0 Å². The molecule has 4 aliphatic rings. The summed E-state index contributed by atoms with van der Waals surface area (Å²) >= 11 is 0. The van der Waals surface area contributed by atoms with Crippen LogP contribution in [0.25, 0.3) is 0 Å². The molecule has 114 valence electrons. The van der Waals surface area contributed by atoms with Gasteiger partial charge in [0.05, 0.1) is 0 Å². The van der Waals surface area contributed by atoms with Crippen molar-refractivity contribution in [2.24, 2.45) is 5.92 Å². The van der Waals surface area contributed by atoms with Crippen LogP contribution in [0.5, 0.6) is 0 Å². The van der Waals surface area contributed by atoms with Crippen molar-refractivity contribution in [2.45, 2.75) is 37.8 Å². The van der Waals surface area contributed by atoms with Crippen LogP contribution in [0.15, 0.2) is 18.5 Å². The number of hydrogen-bond donors (Lipinski definition) is 1. The number of nitrogens with zero attached hydrogens (tertiary/aromatic N) is 4. The van der Waals surface area contributed by atoms with Gasteiger partial charge in [0.15, 0.2) is 0 Å². The third-order valence-electron chi connectivity index (χ3n) is 5.44. The Bertz CT molecular complexity index is 449. The summed E-state index contributed by atoms with van der Waals surface area (Å²) in [4.78, 5) is 13.7. The molecular formula is C16H25N5. The molecule has 4 aliphatic heterocycles. The van der Waals surface area contributed by atoms with Crippen LogP contribution in [0.4, 0.5) is 5.95 Å². The van der Waals surface area contributed by atoms with Gasteiger partial charge in [-0.3, -0.25) is 0 Å². The number of rotatable bonds is 3. The number of anilines is 1. The number of fused-ring (bicyclic) bond motifs is 3.